The van der Waals surface area contributed by atoms with Gasteiger partial charge in [-0.25, -0.2) is 4.79 Å². The van der Waals surface area contributed by atoms with E-state index in [4.69, 9.17) is 4.74 Å². The third kappa shape index (κ3) is 1.36. The highest BCUT2D eigenvalue weighted by atomic mass is 16.6. The molecule has 1 N–H and O–H groups in total. The number of carbonyl (C=O) groups excluding carboxylic acids is 1. The van der Waals surface area contributed by atoms with Gasteiger partial charge in [0.05, 0.1) is 7.11 Å². The molecule has 0 amide bonds. The zero-order valence-corrected chi connectivity index (χ0v) is 6.85. The first-order chi connectivity index (χ1) is 5.25. The molecular formula is C7H13NO3. The Morgan fingerprint density at radius 2 is 2.27 bits per heavy atom. The molecule has 1 atom stereocenters. The van der Waals surface area contributed by atoms with Gasteiger partial charge in [0.2, 0.25) is 0 Å². The topological polar surface area (TPSA) is 47.6 Å². The summed E-state index contributed by atoms with van der Waals surface area (Å²) in [6, 6.07) is 0. The van der Waals surface area contributed by atoms with Crippen LogP contribution in [0.4, 0.5) is 0 Å². The first-order valence-electron chi connectivity index (χ1n) is 3.59. The summed E-state index contributed by atoms with van der Waals surface area (Å²) in [6.07, 6.45) is 0.691. The number of hydrogen-bond donors (Lipinski definition) is 1. The smallest absolute Gasteiger partial charge is 0.339 e. The number of methoxy groups -OCH3 is 2. The molecule has 0 radical (unpaired) electrons. The van der Waals surface area contributed by atoms with Crippen LogP contribution in [0.2, 0.25) is 0 Å². The molecule has 1 saturated heterocycles. The van der Waals surface area contributed by atoms with Gasteiger partial charge in [0.15, 0.2) is 5.60 Å². The van der Waals surface area contributed by atoms with Crippen LogP contribution in [0.3, 0.4) is 0 Å². The van der Waals surface area contributed by atoms with Crippen LogP contribution >= 0.6 is 0 Å². The number of carbonyl (C=O) groups is 1. The summed E-state index contributed by atoms with van der Waals surface area (Å²) in [4.78, 5) is 11.2. The number of ether oxygens (including phenoxy) is 2. The van der Waals surface area contributed by atoms with Gasteiger partial charge in [0.1, 0.15) is 0 Å². The summed E-state index contributed by atoms with van der Waals surface area (Å²) in [5.41, 5.74) is -0.727. The van der Waals surface area contributed by atoms with E-state index in [-0.39, 0.29) is 5.97 Å². The maximum Gasteiger partial charge on any atom is 0.339 e. The average Bonchev–Trinajstić information content (AvgIpc) is 2.52. The van der Waals surface area contributed by atoms with Gasteiger partial charge in [-0.1, -0.05) is 0 Å². The fourth-order valence-corrected chi connectivity index (χ4v) is 1.29. The minimum atomic E-state index is -0.727. The monoisotopic (exact) mass is 159 g/mol. The summed E-state index contributed by atoms with van der Waals surface area (Å²) in [7, 11) is 2.91. The number of rotatable bonds is 2. The number of nitrogens with one attached hydrogen (secondary N) is 1. The molecule has 0 aromatic rings. The Kier molecular flexibility index (Phi) is 2.46. The second-order valence-corrected chi connectivity index (χ2v) is 2.62. The zero-order valence-electron chi connectivity index (χ0n) is 6.85. The van der Waals surface area contributed by atoms with Gasteiger partial charge in [0.25, 0.3) is 0 Å². The molecule has 0 unspecified atom stereocenters. The van der Waals surface area contributed by atoms with Gasteiger partial charge in [-0.2, -0.15) is 0 Å². The van der Waals surface area contributed by atoms with Gasteiger partial charge in [-0.15, -0.1) is 0 Å². The SMILES string of the molecule is COC(=O)[C@@]1(OC)CCNC1. The highest BCUT2D eigenvalue weighted by Gasteiger charge is 2.42. The minimum absolute atomic E-state index is 0.287. The molecule has 0 aromatic carbocycles. The van der Waals surface area contributed by atoms with Crippen molar-refractivity contribution in [3.05, 3.63) is 0 Å². The summed E-state index contributed by atoms with van der Waals surface area (Å²) >= 11 is 0. The molecular weight excluding hydrogens is 146 g/mol. The molecule has 1 aliphatic heterocycles. The van der Waals surface area contributed by atoms with Gasteiger partial charge < -0.3 is 14.8 Å². The van der Waals surface area contributed by atoms with Crippen molar-refractivity contribution >= 4 is 5.97 Å². The maximum atomic E-state index is 11.2. The highest BCUT2D eigenvalue weighted by Crippen LogP contribution is 2.19. The summed E-state index contributed by atoms with van der Waals surface area (Å²) in [5.74, 6) is -0.287. The van der Waals surface area contributed by atoms with E-state index in [2.05, 4.69) is 10.1 Å². The number of esters is 1. The Labute approximate surface area is 65.9 Å². The van der Waals surface area contributed by atoms with Crippen molar-refractivity contribution in [2.45, 2.75) is 12.0 Å². The average molecular weight is 159 g/mol. The van der Waals surface area contributed by atoms with Crippen LogP contribution in [-0.2, 0) is 14.3 Å². The van der Waals surface area contributed by atoms with Gasteiger partial charge in [0, 0.05) is 20.1 Å². The summed E-state index contributed by atoms with van der Waals surface area (Å²) < 4.78 is 9.74. The fourth-order valence-electron chi connectivity index (χ4n) is 1.29. The molecule has 0 saturated carbocycles. The molecule has 64 valence electrons. The lowest BCUT2D eigenvalue weighted by molar-refractivity contribution is -0.163. The van der Waals surface area contributed by atoms with E-state index in [0.717, 1.165) is 6.54 Å². The Hall–Kier alpha value is -0.610. The highest BCUT2D eigenvalue weighted by molar-refractivity contribution is 5.80. The van der Waals surface area contributed by atoms with Crippen molar-refractivity contribution < 1.29 is 14.3 Å². The molecule has 11 heavy (non-hydrogen) atoms. The normalized spacial score (nSPS) is 30.4. The van der Waals surface area contributed by atoms with Crippen LogP contribution in [0, 0.1) is 0 Å². The second kappa shape index (κ2) is 3.19. The van der Waals surface area contributed by atoms with Crippen LogP contribution in [0.5, 0.6) is 0 Å². The minimum Gasteiger partial charge on any atom is -0.467 e. The molecule has 1 heterocycles. The van der Waals surface area contributed by atoms with E-state index in [1.54, 1.807) is 0 Å². The largest absolute Gasteiger partial charge is 0.467 e. The predicted octanol–water partition coefficient (Wildman–Crippen LogP) is -0.462. The molecule has 1 fully saturated rings. The first kappa shape index (κ1) is 8.49. The van der Waals surface area contributed by atoms with Gasteiger partial charge in [-0.05, 0) is 6.54 Å². The molecule has 0 bridgehead atoms. The molecule has 0 aromatic heterocycles. The molecule has 0 spiro atoms. The van der Waals surface area contributed by atoms with Crippen LogP contribution in [-0.4, -0.2) is 38.9 Å². The quantitative estimate of drug-likeness (QED) is 0.554. The number of hydrogen-bond acceptors (Lipinski definition) is 4. The Morgan fingerprint density at radius 1 is 1.55 bits per heavy atom. The zero-order chi connectivity index (χ0) is 8.32. The van der Waals surface area contributed by atoms with Crippen molar-refractivity contribution in [2.24, 2.45) is 0 Å². The fraction of sp³-hybridized carbons (Fsp3) is 0.857. The lowest BCUT2D eigenvalue weighted by Gasteiger charge is -2.22. The predicted molar refractivity (Wildman–Crippen MR) is 39.2 cm³/mol. The van der Waals surface area contributed by atoms with E-state index in [1.165, 1.54) is 14.2 Å². The molecule has 1 rings (SSSR count). The Bertz CT molecular complexity index is 152. The van der Waals surface area contributed by atoms with Crippen LogP contribution < -0.4 is 5.32 Å². The van der Waals surface area contributed by atoms with Crippen molar-refractivity contribution in [1.29, 1.82) is 0 Å². The van der Waals surface area contributed by atoms with Crippen molar-refractivity contribution in [3.8, 4) is 0 Å². The second-order valence-electron chi connectivity index (χ2n) is 2.62. The van der Waals surface area contributed by atoms with Gasteiger partial charge in [-0.3, -0.25) is 0 Å². The standard InChI is InChI=1S/C7H13NO3/c1-10-6(9)7(11-2)3-4-8-5-7/h8H,3-5H2,1-2H3/t7-/m1/s1. The van der Waals surface area contributed by atoms with Crippen LogP contribution in [0.25, 0.3) is 0 Å². The Balaban J connectivity index is 2.66. The molecule has 0 aliphatic carbocycles. The van der Waals surface area contributed by atoms with Crippen molar-refractivity contribution in [3.63, 3.8) is 0 Å². The van der Waals surface area contributed by atoms with Crippen LogP contribution in [0.15, 0.2) is 0 Å². The van der Waals surface area contributed by atoms with E-state index in [0.29, 0.717) is 13.0 Å². The molecule has 1 aliphatic rings. The molecule has 4 nitrogen and oxygen atoms in total. The van der Waals surface area contributed by atoms with E-state index in [1.807, 2.05) is 0 Å². The van der Waals surface area contributed by atoms with Crippen molar-refractivity contribution in [1.82, 2.24) is 5.32 Å². The lowest BCUT2D eigenvalue weighted by Crippen LogP contribution is -2.43. The van der Waals surface area contributed by atoms with Crippen LogP contribution in [0.1, 0.15) is 6.42 Å². The van der Waals surface area contributed by atoms with E-state index in [9.17, 15) is 4.79 Å². The van der Waals surface area contributed by atoms with Crippen molar-refractivity contribution in [2.75, 3.05) is 27.3 Å². The summed E-state index contributed by atoms with van der Waals surface area (Å²) in [6.45, 7) is 1.36. The molecule has 4 heteroatoms. The third-order valence-electron chi connectivity index (χ3n) is 2.06. The summed E-state index contributed by atoms with van der Waals surface area (Å²) in [5, 5.41) is 3.05. The lowest BCUT2D eigenvalue weighted by atomic mass is 10.0. The first-order valence-corrected chi connectivity index (χ1v) is 3.59. The maximum absolute atomic E-state index is 11.2. The third-order valence-corrected chi connectivity index (χ3v) is 2.06. The van der Waals surface area contributed by atoms with E-state index >= 15 is 0 Å². The van der Waals surface area contributed by atoms with Gasteiger partial charge >= 0.3 is 5.97 Å². The van der Waals surface area contributed by atoms with E-state index < -0.39 is 5.60 Å². The Morgan fingerprint density at radius 3 is 2.64 bits per heavy atom.